The van der Waals surface area contributed by atoms with Crippen molar-refractivity contribution >= 4 is 0 Å². The molecule has 0 bridgehead atoms. The van der Waals surface area contributed by atoms with E-state index in [1.165, 1.54) is 5.57 Å². The lowest BCUT2D eigenvalue weighted by Crippen LogP contribution is -2.67. The van der Waals surface area contributed by atoms with Crippen LogP contribution in [-0.4, -0.2) is 175 Å². The molecule has 7 unspecified atom stereocenters. The van der Waals surface area contributed by atoms with Gasteiger partial charge in [0.05, 0.1) is 25.4 Å². The Kier molecular flexibility index (Phi) is 12.4. The first-order valence-corrected chi connectivity index (χ1v) is 22.6. The molecule has 61 heavy (non-hydrogen) atoms. The zero-order valence-electron chi connectivity index (χ0n) is 35.4. The van der Waals surface area contributed by atoms with Gasteiger partial charge in [-0.15, -0.1) is 0 Å². The van der Waals surface area contributed by atoms with Gasteiger partial charge in [-0.05, 0) is 91.8 Å². The molecule has 1 spiro atoms. The molecule has 18 heteroatoms. The van der Waals surface area contributed by atoms with Gasteiger partial charge in [0.15, 0.2) is 37.2 Å². The second-order valence-electron chi connectivity index (χ2n) is 20.4. The van der Waals surface area contributed by atoms with Crippen molar-refractivity contribution in [3.8, 4) is 0 Å². The Morgan fingerprint density at radius 2 is 1.34 bits per heavy atom. The first kappa shape index (κ1) is 45.2. The highest BCUT2D eigenvalue weighted by molar-refractivity contribution is 5.26. The standard InChI is InChI=1S/C43H68O18/c1-17-7-12-43(54-16-17)18(2)26-24(61-43)14-23-21-6-5-19-13-20(8-10-41(19,3)22(21)9-11-42(23,26)4)55-40-35(58-39-32(50)28(46)30(48)37(53)60-39)33(51)34(25(15-44)56-40)57-38-31(49)27(45)29(47)36(52)59-38/h5,17-18,20-40,44-53H,6-16H2,1-4H3/t17-,18+,20?,21-,22+,23+,24+,25?,26+,27?,28?,29-,30-,31+,32+,33?,34-,35+,36?,37?,38-,39-,40-,41+,42+,43-/m1/s1. The van der Waals surface area contributed by atoms with Crippen LogP contribution in [0.4, 0.5) is 0 Å². The van der Waals surface area contributed by atoms with E-state index in [9.17, 15) is 51.1 Å². The molecule has 10 N–H and O–H groups in total. The highest BCUT2D eigenvalue weighted by Gasteiger charge is 2.69. The lowest BCUT2D eigenvalue weighted by molar-refractivity contribution is -0.405. The molecule has 348 valence electrons. The first-order chi connectivity index (χ1) is 28.9. The number of rotatable bonds is 7. The number of aliphatic hydroxyl groups excluding tert-OH is 10. The summed E-state index contributed by atoms with van der Waals surface area (Å²) in [5, 5.41) is 105. The molecule has 0 aromatic rings. The van der Waals surface area contributed by atoms with Crippen LogP contribution in [0.3, 0.4) is 0 Å². The van der Waals surface area contributed by atoms with Crippen molar-refractivity contribution in [3.63, 3.8) is 0 Å². The van der Waals surface area contributed by atoms with Gasteiger partial charge in [-0.3, -0.25) is 0 Å². The topological polar surface area (TPSA) is 276 Å². The Morgan fingerprint density at radius 1 is 0.689 bits per heavy atom. The molecule has 3 saturated carbocycles. The minimum Gasteiger partial charge on any atom is -0.394 e. The number of hydrogen-bond donors (Lipinski definition) is 10. The fourth-order valence-corrected chi connectivity index (χ4v) is 13.6. The number of fused-ring (bicyclic) bond motifs is 7. The van der Waals surface area contributed by atoms with Crippen LogP contribution in [0.25, 0.3) is 0 Å². The van der Waals surface area contributed by atoms with Gasteiger partial charge in [-0.1, -0.05) is 39.3 Å². The van der Waals surface area contributed by atoms with E-state index in [0.29, 0.717) is 48.3 Å². The van der Waals surface area contributed by atoms with Crippen molar-refractivity contribution in [2.75, 3.05) is 13.2 Å². The molecule has 0 aromatic carbocycles. The Hall–Kier alpha value is -0.980. The summed E-state index contributed by atoms with van der Waals surface area (Å²) in [7, 11) is 0. The molecular formula is C43H68O18. The van der Waals surface area contributed by atoms with E-state index in [-0.39, 0.29) is 16.9 Å². The molecule has 5 aliphatic heterocycles. The molecule has 18 nitrogen and oxygen atoms in total. The molecular weight excluding hydrogens is 804 g/mol. The highest BCUT2D eigenvalue weighted by atomic mass is 16.8. The van der Waals surface area contributed by atoms with Crippen LogP contribution in [0.15, 0.2) is 11.6 Å². The Balaban J connectivity index is 0.916. The maximum absolute atomic E-state index is 11.9. The van der Waals surface area contributed by atoms with E-state index in [1.54, 1.807) is 0 Å². The van der Waals surface area contributed by atoms with Crippen LogP contribution in [0.5, 0.6) is 0 Å². The summed E-state index contributed by atoms with van der Waals surface area (Å²) in [6.07, 6.45) is -16.2. The predicted octanol–water partition coefficient (Wildman–Crippen LogP) is -0.898. The lowest BCUT2D eigenvalue weighted by atomic mass is 9.47. The highest BCUT2D eigenvalue weighted by Crippen LogP contribution is 2.70. The normalized spacial score (nSPS) is 58.4. The van der Waals surface area contributed by atoms with Crippen LogP contribution >= 0.6 is 0 Å². The molecule has 8 fully saturated rings. The quantitative estimate of drug-likeness (QED) is 0.139. The summed E-state index contributed by atoms with van der Waals surface area (Å²) in [5.41, 5.74) is 1.40. The fraction of sp³-hybridized carbons (Fsp3) is 0.953. The summed E-state index contributed by atoms with van der Waals surface area (Å²) >= 11 is 0. The van der Waals surface area contributed by atoms with Crippen LogP contribution in [-0.2, 0) is 37.9 Å². The van der Waals surface area contributed by atoms with E-state index in [2.05, 4.69) is 33.8 Å². The van der Waals surface area contributed by atoms with Gasteiger partial charge in [0, 0.05) is 12.3 Å². The third-order valence-electron chi connectivity index (χ3n) is 17.1. The van der Waals surface area contributed by atoms with Gasteiger partial charge >= 0.3 is 0 Å². The van der Waals surface area contributed by atoms with Gasteiger partial charge in [-0.25, -0.2) is 0 Å². The minimum atomic E-state index is -1.97. The Morgan fingerprint density at radius 3 is 1.97 bits per heavy atom. The lowest BCUT2D eigenvalue weighted by Gasteiger charge is -2.58. The van der Waals surface area contributed by atoms with Crippen molar-refractivity contribution in [1.29, 1.82) is 0 Å². The van der Waals surface area contributed by atoms with Crippen LogP contribution < -0.4 is 0 Å². The van der Waals surface area contributed by atoms with E-state index in [0.717, 1.165) is 51.6 Å². The summed E-state index contributed by atoms with van der Waals surface area (Å²) < 4.78 is 48.5. The SMILES string of the molecule is C[C@@H]1CC[C@@]2(OC1)O[C@H]1C[C@H]3[C@@H]4CC=C5CC(O[C@@H]6OC(CO)[C@@H](O[C@@H]7OC(O)[C@H](O)C(O)[C@@H]7O)C(O)[C@@H]6O[C@@H]6OC(O)[C@H](O)C(O)[C@@H]6O)CC[C@]5(C)[C@H]4CC[C@]3(C)[C@H]1[C@@H]2C. The summed E-state index contributed by atoms with van der Waals surface area (Å²) in [4.78, 5) is 0. The van der Waals surface area contributed by atoms with Crippen molar-refractivity contribution in [2.45, 2.75) is 196 Å². The van der Waals surface area contributed by atoms with Crippen molar-refractivity contribution in [1.82, 2.24) is 0 Å². The van der Waals surface area contributed by atoms with Crippen molar-refractivity contribution in [3.05, 3.63) is 11.6 Å². The van der Waals surface area contributed by atoms with Gasteiger partial charge in [0.25, 0.3) is 0 Å². The maximum Gasteiger partial charge on any atom is 0.189 e. The van der Waals surface area contributed by atoms with E-state index in [1.807, 2.05) is 0 Å². The summed E-state index contributed by atoms with van der Waals surface area (Å²) in [5.74, 6) is 2.45. The average Bonchev–Trinajstić information content (AvgIpc) is 3.69. The molecule has 0 amide bonds. The van der Waals surface area contributed by atoms with Crippen LogP contribution in [0.1, 0.15) is 85.5 Å². The van der Waals surface area contributed by atoms with Gasteiger partial charge < -0.3 is 89.0 Å². The monoisotopic (exact) mass is 872 g/mol. The van der Waals surface area contributed by atoms with Crippen LogP contribution in [0, 0.1) is 46.3 Å². The minimum absolute atomic E-state index is 0.0653. The predicted molar refractivity (Wildman–Crippen MR) is 206 cm³/mol. The second-order valence-corrected chi connectivity index (χ2v) is 20.4. The molecule has 5 saturated heterocycles. The molecule has 9 rings (SSSR count). The maximum atomic E-state index is 11.9. The zero-order chi connectivity index (χ0) is 43.5. The molecule has 0 aromatic heterocycles. The number of ether oxygens (including phenoxy) is 8. The zero-order valence-corrected chi connectivity index (χ0v) is 35.4. The van der Waals surface area contributed by atoms with Gasteiger partial charge in [0.1, 0.15) is 61.0 Å². The third-order valence-corrected chi connectivity index (χ3v) is 17.1. The van der Waals surface area contributed by atoms with E-state index >= 15 is 0 Å². The van der Waals surface area contributed by atoms with Crippen molar-refractivity contribution < 1.29 is 89.0 Å². The summed E-state index contributed by atoms with van der Waals surface area (Å²) in [6.45, 7) is 9.52. The second kappa shape index (κ2) is 16.7. The fourth-order valence-electron chi connectivity index (χ4n) is 13.6. The molecule has 9 aliphatic rings. The smallest absolute Gasteiger partial charge is 0.189 e. The van der Waals surface area contributed by atoms with Crippen LogP contribution in [0.2, 0.25) is 0 Å². The average molecular weight is 873 g/mol. The summed E-state index contributed by atoms with van der Waals surface area (Å²) in [6, 6.07) is 0. The Labute approximate surface area is 355 Å². The largest absolute Gasteiger partial charge is 0.394 e. The molecule has 0 radical (unpaired) electrons. The van der Waals surface area contributed by atoms with E-state index in [4.69, 9.17) is 37.9 Å². The molecule has 4 aliphatic carbocycles. The first-order valence-electron chi connectivity index (χ1n) is 22.6. The number of aliphatic hydroxyl groups is 10. The third kappa shape index (κ3) is 7.40. The molecule has 26 atom stereocenters. The Bertz CT molecular complexity index is 1600. The van der Waals surface area contributed by atoms with E-state index < -0.39 is 111 Å². The van der Waals surface area contributed by atoms with Gasteiger partial charge in [0.2, 0.25) is 0 Å². The number of hydrogen-bond acceptors (Lipinski definition) is 18. The van der Waals surface area contributed by atoms with Crippen molar-refractivity contribution in [2.24, 2.45) is 46.3 Å². The van der Waals surface area contributed by atoms with Gasteiger partial charge in [-0.2, -0.15) is 0 Å². The number of allylic oxidation sites excluding steroid dienone is 1. The molecule has 5 heterocycles.